The molecule has 9 heteroatoms. The summed E-state index contributed by atoms with van der Waals surface area (Å²) in [5, 5.41) is 3.17. The Morgan fingerprint density at radius 2 is 1.32 bits per heavy atom. The number of amides is 2. The number of carbonyl (C=O) groups is 2. The molecule has 4 aromatic rings. The minimum Gasteiger partial charge on any atom is -0.352 e. The van der Waals surface area contributed by atoms with E-state index in [1.165, 1.54) is 17.0 Å². The third-order valence-corrected chi connectivity index (χ3v) is 9.68. The van der Waals surface area contributed by atoms with E-state index in [0.717, 1.165) is 53.2 Å². The standard InChI is InChI=1S/C35H36FN3O4S/c36-29-20-22-32(23-21-29)44(42,43)39(31-18-8-3-9-19-31)26-34(40)38(25-28-14-6-2-7-15-28)33(24-27-12-4-1-5-13-27)35(41)37-30-16-10-11-17-30/h1-9,12-15,18-23,30,33H,10-11,16-17,24-26H2,(H,37,41)/t33-/m1/s1. The molecule has 44 heavy (non-hydrogen) atoms. The Bertz CT molecular complexity index is 1630. The molecule has 1 aliphatic carbocycles. The number of nitrogens with one attached hydrogen (secondary N) is 1. The van der Waals surface area contributed by atoms with Crippen LogP contribution in [0.2, 0.25) is 0 Å². The van der Waals surface area contributed by atoms with Gasteiger partial charge in [0.05, 0.1) is 10.6 Å². The Morgan fingerprint density at radius 1 is 0.773 bits per heavy atom. The zero-order chi connectivity index (χ0) is 30.9. The van der Waals surface area contributed by atoms with Crippen LogP contribution >= 0.6 is 0 Å². The fraction of sp³-hybridized carbons (Fsp3) is 0.257. The van der Waals surface area contributed by atoms with E-state index in [0.29, 0.717) is 0 Å². The maximum absolute atomic E-state index is 14.4. The minimum atomic E-state index is -4.28. The van der Waals surface area contributed by atoms with Gasteiger partial charge < -0.3 is 10.2 Å². The van der Waals surface area contributed by atoms with Crippen LogP contribution in [0, 0.1) is 5.82 Å². The lowest BCUT2D eigenvalue weighted by Gasteiger charge is -2.34. The average Bonchev–Trinajstić information content (AvgIpc) is 3.56. The molecule has 5 rings (SSSR count). The summed E-state index contributed by atoms with van der Waals surface area (Å²) in [4.78, 5) is 29.7. The van der Waals surface area contributed by atoms with Gasteiger partial charge in [0.25, 0.3) is 10.0 Å². The van der Waals surface area contributed by atoms with Gasteiger partial charge in [-0.1, -0.05) is 91.7 Å². The second-order valence-corrected chi connectivity index (χ2v) is 12.9. The van der Waals surface area contributed by atoms with Crippen molar-refractivity contribution in [3.8, 4) is 0 Å². The monoisotopic (exact) mass is 613 g/mol. The molecule has 228 valence electrons. The van der Waals surface area contributed by atoms with Crippen LogP contribution in [0.1, 0.15) is 36.8 Å². The van der Waals surface area contributed by atoms with Gasteiger partial charge in [-0.15, -0.1) is 0 Å². The predicted molar refractivity (Wildman–Crippen MR) is 169 cm³/mol. The Labute approximate surface area is 258 Å². The van der Waals surface area contributed by atoms with Crippen molar-refractivity contribution in [2.24, 2.45) is 0 Å². The van der Waals surface area contributed by atoms with Gasteiger partial charge in [0.15, 0.2) is 0 Å². The molecule has 1 aliphatic rings. The lowest BCUT2D eigenvalue weighted by molar-refractivity contribution is -0.140. The Balaban J connectivity index is 1.54. The summed E-state index contributed by atoms with van der Waals surface area (Å²) in [6.45, 7) is -0.451. The van der Waals surface area contributed by atoms with Gasteiger partial charge in [-0.05, 0) is 60.4 Å². The summed E-state index contributed by atoms with van der Waals surface area (Å²) < 4.78 is 42.6. The topological polar surface area (TPSA) is 86.8 Å². The Morgan fingerprint density at radius 3 is 1.91 bits per heavy atom. The number of hydrogen-bond donors (Lipinski definition) is 1. The number of sulfonamides is 1. The molecule has 1 fully saturated rings. The molecule has 0 heterocycles. The highest BCUT2D eigenvalue weighted by atomic mass is 32.2. The first-order chi connectivity index (χ1) is 21.3. The van der Waals surface area contributed by atoms with E-state index in [1.807, 2.05) is 60.7 Å². The molecular weight excluding hydrogens is 577 g/mol. The lowest BCUT2D eigenvalue weighted by atomic mass is 10.0. The highest BCUT2D eigenvalue weighted by Crippen LogP contribution is 2.25. The van der Waals surface area contributed by atoms with Crippen LogP contribution in [0.5, 0.6) is 0 Å². The van der Waals surface area contributed by atoms with Crippen LogP contribution in [0.3, 0.4) is 0 Å². The molecule has 0 spiro atoms. The van der Waals surface area contributed by atoms with Crippen LogP contribution < -0.4 is 9.62 Å². The van der Waals surface area contributed by atoms with E-state index < -0.39 is 34.3 Å². The predicted octanol–water partition coefficient (Wildman–Crippen LogP) is 5.72. The van der Waals surface area contributed by atoms with E-state index in [1.54, 1.807) is 30.3 Å². The number of nitrogens with zero attached hydrogens (tertiary/aromatic N) is 2. The minimum absolute atomic E-state index is 0.0362. The maximum Gasteiger partial charge on any atom is 0.264 e. The number of benzene rings is 4. The van der Waals surface area contributed by atoms with Gasteiger partial charge in [0.1, 0.15) is 18.4 Å². The first-order valence-electron chi connectivity index (χ1n) is 14.8. The van der Waals surface area contributed by atoms with Gasteiger partial charge in [-0.3, -0.25) is 13.9 Å². The van der Waals surface area contributed by atoms with Gasteiger partial charge >= 0.3 is 0 Å². The lowest BCUT2D eigenvalue weighted by Crippen LogP contribution is -2.54. The van der Waals surface area contributed by atoms with Crippen LogP contribution in [-0.2, 0) is 32.6 Å². The summed E-state index contributed by atoms with van der Waals surface area (Å²) in [6, 6.07) is 30.8. The molecule has 2 amide bonds. The molecule has 0 aromatic heterocycles. The normalized spacial score (nSPS) is 14.1. The quantitative estimate of drug-likeness (QED) is 0.222. The third kappa shape index (κ3) is 7.71. The highest BCUT2D eigenvalue weighted by Gasteiger charge is 2.35. The molecule has 0 radical (unpaired) electrons. The molecule has 0 bridgehead atoms. The first-order valence-corrected chi connectivity index (χ1v) is 16.3. The zero-order valence-electron chi connectivity index (χ0n) is 24.4. The fourth-order valence-electron chi connectivity index (χ4n) is 5.56. The van der Waals surface area contributed by atoms with Crippen LogP contribution in [0.4, 0.5) is 10.1 Å². The van der Waals surface area contributed by atoms with Crippen LogP contribution in [-0.4, -0.2) is 43.8 Å². The molecule has 0 aliphatic heterocycles. The molecular formula is C35H36FN3O4S. The zero-order valence-corrected chi connectivity index (χ0v) is 25.2. The average molecular weight is 614 g/mol. The number of anilines is 1. The number of para-hydroxylation sites is 1. The third-order valence-electron chi connectivity index (χ3n) is 7.89. The van der Waals surface area contributed by atoms with Gasteiger partial charge in [-0.2, -0.15) is 0 Å². The molecule has 1 saturated carbocycles. The van der Waals surface area contributed by atoms with Crippen molar-refractivity contribution in [2.45, 2.75) is 55.6 Å². The molecule has 4 aromatic carbocycles. The van der Waals surface area contributed by atoms with Crippen molar-refractivity contribution < 1.29 is 22.4 Å². The summed E-state index contributed by atoms with van der Waals surface area (Å²) in [7, 11) is -4.28. The molecule has 0 saturated heterocycles. The second-order valence-electron chi connectivity index (χ2n) is 11.0. The number of carbonyl (C=O) groups excluding carboxylic acids is 2. The van der Waals surface area contributed by atoms with Crippen LogP contribution in [0.25, 0.3) is 0 Å². The second kappa shape index (κ2) is 14.3. The molecule has 7 nitrogen and oxygen atoms in total. The van der Waals surface area contributed by atoms with Gasteiger partial charge in [0, 0.05) is 19.0 Å². The maximum atomic E-state index is 14.4. The largest absolute Gasteiger partial charge is 0.352 e. The molecule has 1 atom stereocenters. The van der Waals surface area contributed by atoms with Crippen molar-refractivity contribution >= 4 is 27.5 Å². The van der Waals surface area contributed by atoms with E-state index in [2.05, 4.69) is 5.32 Å². The number of halogens is 1. The molecule has 0 unspecified atom stereocenters. The molecule has 1 N–H and O–H groups in total. The van der Waals surface area contributed by atoms with Crippen molar-refractivity contribution in [3.05, 3.63) is 132 Å². The smallest absolute Gasteiger partial charge is 0.264 e. The number of hydrogen-bond acceptors (Lipinski definition) is 4. The summed E-state index contributed by atoms with van der Waals surface area (Å²) in [5.74, 6) is -1.37. The van der Waals surface area contributed by atoms with Crippen LogP contribution in [0.15, 0.2) is 120 Å². The summed E-state index contributed by atoms with van der Waals surface area (Å²) in [6.07, 6.45) is 4.10. The van der Waals surface area contributed by atoms with E-state index in [4.69, 9.17) is 0 Å². The SMILES string of the molecule is O=C(NC1CCCC1)[C@@H](Cc1ccccc1)N(Cc1ccccc1)C(=O)CN(c1ccccc1)S(=O)(=O)c1ccc(F)cc1. The summed E-state index contributed by atoms with van der Waals surface area (Å²) >= 11 is 0. The van der Waals surface area contributed by atoms with E-state index in [9.17, 15) is 22.4 Å². The summed E-state index contributed by atoms with van der Waals surface area (Å²) in [5.41, 5.74) is 1.96. The van der Waals surface area contributed by atoms with E-state index >= 15 is 0 Å². The van der Waals surface area contributed by atoms with Crippen molar-refractivity contribution in [2.75, 3.05) is 10.8 Å². The highest BCUT2D eigenvalue weighted by molar-refractivity contribution is 7.92. The first kappa shape index (κ1) is 30.9. The van der Waals surface area contributed by atoms with Gasteiger partial charge in [0.2, 0.25) is 11.8 Å². The van der Waals surface area contributed by atoms with Crippen molar-refractivity contribution in [3.63, 3.8) is 0 Å². The van der Waals surface area contributed by atoms with E-state index in [-0.39, 0.29) is 35.5 Å². The van der Waals surface area contributed by atoms with Gasteiger partial charge in [-0.25, -0.2) is 12.8 Å². The fourth-order valence-corrected chi connectivity index (χ4v) is 6.97. The Kier molecular flexibility index (Phi) is 10.1. The Hall–Kier alpha value is -4.50. The van der Waals surface area contributed by atoms with Crippen molar-refractivity contribution in [1.29, 1.82) is 0 Å². The van der Waals surface area contributed by atoms with Crippen molar-refractivity contribution in [1.82, 2.24) is 10.2 Å². The number of rotatable bonds is 12.